The number of hydrogen-bond donors (Lipinski definition) is 1. The molecule has 3 aliphatic rings. The van der Waals surface area contributed by atoms with Crippen LogP contribution < -0.4 is 15.6 Å². The number of rotatable bonds is 10. The SMILES string of the molecule is Cc1ncnc(C(=O)N2CCC3(CC2)OC(C)c2c3c(=O)n3nc(-c4cc(F)c(CN5CCOCC5)cc4F)nc3n2CC(=O)Nc2ccc(C(F)(F)F)cc2Cl)c1OCc1ccccc1. The van der Waals surface area contributed by atoms with Gasteiger partial charge < -0.3 is 29.0 Å². The second kappa shape index (κ2) is 17.8. The third-order valence-corrected chi connectivity index (χ3v) is 12.4. The van der Waals surface area contributed by atoms with Crippen molar-refractivity contribution < 1.29 is 45.8 Å². The third kappa shape index (κ3) is 8.60. The Labute approximate surface area is 378 Å². The largest absolute Gasteiger partial charge is 0.485 e. The molecule has 2 fully saturated rings. The zero-order valence-electron chi connectivity index (χ0n) is 35.5. The summed E-state index contributed by atoms with van der Waals surface area (Å²) in [5.41, 5.74) is -1.64. The average molecular weight is 934 g/mol. The predicted octanol–water partition coefficient (Wildman–Crippen LogP) is 6.88. The molecule has 6 heterocycles. The van der Waals surface area contributed by atoms with E-state index >= 15 is 8.78 Å². The first-order valence-electron chi connectivity index (χ1n) is 21.0. The van der Waals surface area contributed by atoms with Crippen molar-refractivity contribution in [2.24, 2.45) is 0 Å². The molecule has 3 aliphatic heterocycles. The number of amides is 2. The van der Waals surface area contributed by atoms with Crippen LogP contribution in [0.4, 0.5) is 27.6 Å². The molecule has 21 heteroatoms. The van der Waals surface area contributed by atoms with Crippen molar-refractivity contribution in [2.45, 2.75) is 64.3 Å². The fraction of sp³-hybridized carbons (Fsp3) is 0.356. The summed E-state index contributed by atoms with van der Waals surface area (Å²) < 4.78 is 92.2. The Kier molecular flexibility index (Phi) is 12.1. The highest BCUT2D eigenvalue weighted by atomic mass is 35.5. The summed E-state index contributed by atoms with van der Waals surface area (Å²) in [5, 5.41) is 6.53. The Morgan fingerprint density at radius 2 is 1.73 bits per heavy atom. The highest BCUT2D eigenvalue weighted by Gasteiger charge is 2.51. The molecule has 15 nitrogen and oxygen atoms in total. The van der Waals surface area contributed by atoms with E-state index in [0.29, 0.717) is 38.1 Å². The number of anilines is 1. The minimum atomic E-state index is -4.69. The lowest BCUT2D eigenvalue weighted by Crippen LogP contribution is -2.47. The molecule has 344 valence electrons. The number of likely N-dealkylation sites (tertiary alicyclic amines) is 1. The van der Waals surface area contributed by atoms with Crippen molar-refractivity contribution in [3.63, 3.8) is 0 Å². The molecule has 0 radical (unpaired) electrons. The van der Waals surface area contributed by atoms with Gasteiger partial charge >= 0.3 is 6.18 Å². The summed E-state index contributed by atoms with van der Waals surface area (Å²) >= 11 is 6.18. The number of carbonyl (C=O) groups excluding carboxylic acids is 2. The van der Waals surface area contributed by atoms with E-state index < -0.39 is 59.0 Å². The van der Waals surface area contributed by atoms with E-state index in [-0.39, 0.29) is 95.2 Å². The molecule has 2 saturated heterocycles. The molecule has 1 atom stereocenters. The molecule has 66 heavy (non-hydrogen) atoms. The number of halogens is 6. The van der Waals surface area contributed by atoms with Gasteiger partial charge in [0.25, 0.3) is 11.5 Å². The molecule has 9 rings (SSSR count). The molecule has 0 saturated carbocycles. The van der Waals surface area contributed by atoms with Gasteiger partial charge in [-0.05, 0) is 62.6 Å². The third-order valence-electron chi connectivity index (χ3n) is 12.0. The molecule has 0 bridgehead atoms. The number of morpholine rings is 1. The highest BCUT2D eigenvalue weighted by Crippen LogP contribution is 2.48. The molecule has 3 aromatic carbocycles. The van der Waals surface area contributed by atoms with Gasteiger partial charge in [-0.25, -0.2) is 18.7 Å². The van der Waals surface area contributed by atoms with Gasteiger partial charge in [0, 0.05) is 38.3 Å². The standard InChI is InChI=1S/C45H41ClF5N9O6/c1-25-39(65-23-27-6-4-3-5-7-27)37(53-24-52-25)42(63)58-12-10-44(11-13-58)36-38(26(2)66-44)59(22-35(61)54-34-9-8-29(19-31(34)46)45(49,50)51)43-55-40(56-60(43)41(36)62)30-20-32(47)28(18-33(30)48)21-57-14-16-64-17-15-57/h3-9,18-20,24,26H,10-17,21-23H2,1-2H3,(H,54,61). The number of aromatic nitrogens is 6. The maximum absolute atomic E-state index is 16.0. The predicted molar refractivity (Wildman–Crippen MR) is 228 cm³/mol. The van der Waals surface area contributed by atoms with Crippen LogP contribution in [0.2, 0.25) is 5.02 Å². The van der Waals surface area contributed by atoms with E-state index in [1.165, 1.54) is 10.9 Å². The van der Waals surface area contributed by atoms with Crippen molar-refractivity contribution in [1.82, 2.24) is 38.9 Å². The quantitative estimate of drug-likeness (QED) is 0.143. The molecule has 6 aromatic rings. The van der Waals surface area contributed by atoms with Gasteiger partial charge in [-0.15, -0.1) is 5.10 Å². The van der Waals surface area contributed by atoms with Crippen LogP contribution in [0.5, 0.6) is 5.75 Å². The summed E-state index contributed by atoms with van der Waals surface area (Å²) in [6, 6.07) is 13.9. The maximum atomic E-state index is 16.0. The summed E-state index contributed by atoms with van der Waals surface area (Å²) in [7, 11) is 0. The number of hydrogen-bond acceptors (Lipinski definition) is 11. The Morgan fingerprint density at radius 3 is 2.44 bits per heavy atom. The van der Waals surface area contributed by atoms with E-state index in [2.05, 4.69) is 25.4 Å². The number of piperidine rings is 1. The number of nitrogens with one attached hydrogen (secondary N) is 1. The van der Waals surface area contributed by atoms with Crippen LogP contribution in [0.3, 0.4) is 0 Å². The number of alkyl halides is 3. The monoisotopic (exact) mass is 933 g/mol. The molecule has 3 aromatic heterocycles. The zero-order valence-corrected chi connectivity index (χ0v) is 36.3. The first-order valence-corrected chi connectivity index (χ1v) is 21.4. The molecular formula is C45H41ClF5N9O6. The number of ether oxygens (including phenoxy) is 3. The van der Waals surface area contributed by atoms with Crippen LogP contribution in [0, 0.1) is 18.6 Å². The van der Waals surface area contributed by atoms with Crippen molar-refractivity contribution in [3.05, 3.63) is 133 Å². The van der Waals surface area contributed by atoms with Gasteiger partial charge in [-0.2, -0.15) is 22.7 Å². The average Bonchev–Trinajstić information content (AvgIpc) is 3.86. The Bertz CT molecular complexity index is 2920. The van der Waals surface area contributed by atoms with Gasteiger partial charge in [0.1, 0.15) is 36.7 Å². The van der Waals surface area contributed by atoms with Crippen molar-refractivity contribution in [2.75, 3.05) is 44.7 Å². The minimum absolute atomic E-state index is 0.0617. The summed E-state index contributed by atoms with van der Waals surface area (Å²) in [4.78, 5) is 59.2. The number of fused-ring (bicyclic) bond motifs is 3. The van der Waals surface area contributed by atoms with Crippen LogP contribution in [0.15, 0.2) is 71.8 Å². The summed E-state index contributed by atoms with van der Waals surface area (Å²) in [6.07, 6.45) is -4.04. The van der Waals surface area contributed by atoms with Crippen molar-refractivity contribution >= 4 is 34.9 Å². The minimum Gasteiger partial charge on any atom is -0.485 e. The molecule has 0 aliphatic carbocycles. The van der Waals surface area contributed by atoms with E-state index in [4.69, 9.17) is 25.8 Å². The lowest BCUT2D eigenvalue weighted by atomic mass is 9.85. The second-order valence-corrected chi connectivity index (χ2v) is 16.7. The lowest BCUT2D eigenvalue weighted by molar-refractivity contribution is -0.137. The summed E-state index contributed by atoms with van der Waals surface area (Å²) in [5.74, 6) is -3.12. The maximum Gasteiger partial charge on any atom is 0.416 e. The van der Waals surface area contributed by atoms with Crippen molar-refractivity contribution in [3.8, 4) is 17.1 Å². The number of aryl methyl sites for hydroxylation is 1. The van der Waals surface area contributed by atoms with Gasteiger partial charge in [-0.1, -0.05) is 41.9 Å². The molecule has 1 N–H and O–H groups in total. The van der Waals surface area contributed by atoms with E-state index in [0.717, 1.165) is 34.3 Å². The Hall–Kier alpha value is -6.35. The van der Waals surface area contributed by atoms with Gasteiger partial charge in [0.15, 0.2) is 17.3 Å². The van der Waals surface area contributed by atoms with E-state index in [9.17, 15) is 27.6 Å². The fourth-order valence-electron chi connectivity index (χ4n) is 8.76. The van der Waals surface area contributed by atoms with Crippen LogP contribution in [-0.2, 0) is 45.7 Å². The molecule has 1 unspecified atom stereocenters. The van der Waals surface area contributed by atoms with Gasteiger partial charge in [-0.3, -0.25) is 19.3 Å². The number of nitrogens with zero attached hydrogens (tertiary/aromatic N) is 8. The Balaban J connectivity index is 1.06. The molecular weight excluding hydrogens is 893 g/mol. The van der Waals surface area contributed by atoms with Gasteiger partial charge in [0.05, 0.1) is 58.1 Å². The van der Waals surface area contributed by atoms with Crippen LogP contribution >= 0.6 is 11.6 Å². The lowest BCUT2D eigenvalue weighted by Gasteiger charge is -2.39. The van der Waals surface area contributed by atoms with E-state index in [1.54, 1.807) is 18.7 Å². The topological polar surface area (TPSA) is 158 Å². The Morgan fingerprint density at radius 1 is 0.985 bits per heavy atom. The second-order valence-electron chi connectivity index (χ2n) is 16.3. The summed E-state index contributed by atoms with van der Waals surface area (Å²) in [6.45, 7) is 5.27. The zero-order chi connectivity index (χ0) is 46.5. The normalized spacial score (nSPS) is 17.3. The number of benzene rings is 3. The van der Waals surface area contributed by atoms with Crippen LogP contribution in [0.1, 0.15) is 70.0 Å². The first kappa shape index (κ1) is 44.8. The van der Waals surface area contributed by atoms with Crippen LogP contribution in [-0.4, -0.2) is 90.1 Å². The molecule has 1 spiro atoms. The van der Waals surface area contributed by atoms with E-state index in [1.807, 2.05) is 35.2 Å². The number of carbonyl (C=O) groups is 2. The highest BCUT2D eigenvalue weighted by molar-refractivity contribution is 6.33. The van der Waals surface area contributed by atoms with Crippen molar-refractivity contribution in [1.29, 1.82) is 0 Å². The van der Waals surface area contributed by atoms with Crippen LogP contribution in [0.25, 0.3) is 17.2 Å². The molecule has 2 amide bonds. The fourth-order valence-corrected chi connectivity index (χ4v) is 8.99. The van der Waals surface area contributed by atoms with Gasteiger partial charge in [0.2, 0.25) is 11.7 Å². The first-order chi connectivity index (χ1) is 31.6. The smallest absolute Gasteiger partial charge is 0.416 e.